The zero-order valence-corrected chi connectivity index (χ0v) is 13.0. The molecular weight excluding hydrogens is 306 g/mol. The summed E-state index contributed by atoms with van der Waals surface area (Å²) in [6.07, 6.45) is 0.955. The molecule has 0 aliphatic carbocycles. The van der Waals surface area contributed by atoms with E-state index in [1.807, 2.05) is 29.9 Å². The number of nitrogens with one attached hydrogen (secondary N) is 1. The molecule has 2 aromatic rings. The first kappa shape index (κ1) is 13.9. The van der Waals surface area contributed by atoms with Crippen molar-refractivity contribution < 1.29 is 4.74 Å². The number of aromatic nitrogens is 2. The normalized spacial score (nSPS) is 10.5. The summed E-state index contributed by atoms with van der Waals surface area (Å²) in [7, 11) is 3.64. The fourth-order valence-corrected chi connectivity index (χ4v) is 2.25. The van der Waals surface area contributed by atoms with E-state index in [4.69, 9.17) is 4.74 Å². The predicted molar refractivity (Wildman–Crippen MR) is 80.6 cm³/mol. The van der Waals surface area contributed by atoms with Crippen molar-refractivity contribution in [3.05, 3.63) is 40.1 Å². The topological polar surface area (TPSA) is 39.1 Å². The monoisotopic (exact) mass is 323 g/mol. The van der Waals surface area contributed by atoms with Crippen molar-refractivity contribution in [1.82, 2.24) is 9.78 Å². The second-order valence-corrected chi connectivity index (χ2v) is 5.16. The lowest BCUT2D eigenvalue weighted by atomic mass is 10.2. The van der Waals surface area contributed by atoms with E-state index < -0.39 is 0 Å². The van der Waals surface area contributed by atoms with Crippen molar-refractivity contribution in [1.29, 1.82) is 0 Å². The van der Waals surface area contributed by atoms with Crippen LogP contribution in [0.15, 0.2) is 28.7 Å². The number of nitrogens with zero attached hydrogens (tertiary/aromatic N) is 2. The molecule has 4 nitrogen and oxygen atoms in total. The van der Waals surface area contributed by atoms with Crippen LogP contribution in [0.5, 0.6) is 5.75 Å². The minimum atomic E-state index is 0.731. The smallest absolute Gasteiger partial charge is 0.121 e. The van der Waals surface area contributed by atoms with Crippen molar-refractivity contribution in [2.24, 2.45) is 7.05 Å². The van der Waals surface area contributed by atoms with Gasteiger partial charge in [0.05, 0.1) is 30.7 Å². The second kappa shape index (κ2) is 6.10. The number of methoxy groups -OCH3 is 1. The zero-order chi connectivity index (χ0) is 13.8. The SMILES string of the molecule is CCc1cc(CNc2cc(OC)ccc2Br)n(C)n1. The standard InChI is InChI=1S/C14H18BrN3O/c1-4-10-7-11(18(2)17-10)9-16-14-8-12(19-3)5-6-13(14)15/h5-8,16H,4,9H2,1-3H3. The maximum atomic E-state index is 5.23. The summed E-state index contributed by atoms with van der Waals surface area (Å²) in [6, 6.07) is 8.00. The third kappa shape index (κ3) is 3.29. The number of halogens is 1. The molecule has 19 heavy (non-hydrogen) atoms. The van der Waals surface area contributed by atoms with Crippen LogP contribution in [0.3, 0.4) is 0 Å². The molecule has 0 spiro atoms. The minimum Gasteiger partial charge on any atom is -0.497 e. The van der Waals surface area contributed by atoms with Crippen LogP contribution in [-0.4, -0.2) is 16.9 Å². The molecule has 0 saturated heterocycles. The van der Waals surface area contributed by atoms with E-state index in [0.717, 1.165) is 40.3 Å². The van der Waals surface area contributed by atoms with Gasteiger partial charge in [-0.1, -0.05) is 6.92 Å². The average molecular weight is 324 g/mol. The number of hydrogen-bond donors (Lipinski definition) is 1. The van der Waals surface area contributed by atoms with Crippen molar-refractivity contribution in [2.75, 3.05) is 12.4 Å². The van der Waals surface area contributed by atoms with Crippen LogP contribution in [0, 0.1) is 0 Å². The summed E-state index contributed by atoms with van der Waals surface area (Å²) in [6.45, 7) is 2.84. The fraction of sp³-hybridized carbons (Fsp3) is 0.357. The Labute approximate surface area is 121 Å². The molecule has 1 aromatic heterocycles. The molecule has 0 amide bonds. The Morgan fingerprint density at radius 1 is 1.37 bits per heavy atom. The molecule has 1 aromatic carbocycles. The van der Waals surface area contributed by atoms with Gasteiger partial charge in [0.1, 0.15) is 5.75 Å². The Hall–Kier alpha value is -1.49. The van der Waals surface area contributed by atoms with Gasteiger partial charge in [0.15, 0.2) is 0 Å². The summed E-state index contributed by atoms with van der Waals surface area (Å²) in [4.78, 5) is 0. The second-order valence-electron chi connectivity index (χ2n) is 4.30. The lowest BCUT2D eigenvalue weighted by molar-refractivity contribution is 0.415. The summed E-state index contributed by atoms with van der Waals surface area (Å²) in [5.74, 6) is 0.838. The molecule has 0 radical (unpaired) electrons. The molecule has 0 atom stereocenters. The fourth-order valence-electron chi connectivity index (χ4n) is 1.86. The van der Waals surface area contributed by atoms with Gasteiger partial charge in [-0.3, -0.25) is 4.68 Å². The third-order valence-electron chi connectivity index (χ3n) is 3.02. The molecule has 2 rings (SSSR count). The number of benzene rings is 1. The Kier molecular flexibility index (Phi) is 4.47. The van der Waals surface area contributed by atoms with Gasteiger partial charge in [-0.05, 0) is 40.5 Å². The number of rotatable bonds is 5. The molecule has 0 unspecified atom stereocenters. The van der Waals surface area contributed by atoms with Crippen molar-refractivity contribution in [3.63, 3.8) is 0 Å². The molecule has 0 aliphatic rings. The Morgan fingerprint density at radius 3 is 2.79 bits per heavy atom. The van der Waals surface area contributed by atoms with Gasteiger partial charge in [-0.15, -0.1) is 0 Å². The predicted octanol–water partition coefficient (Wildman–Crippen LogP) is 3.37. The highest BCUT2D eigenvalue weighted by atomic mass is 79.9. The van der Waals surface area contributed by atoms with E-state index in [9.17, 15) is 0 Å². The van der Waals surface area contributed by atoms with Crippen LogP contribution in [0.2, 0.25) is 0 Å². The first-order valence-corrected chi connectivity index (χ1v) is 7.02. The average Bonchev–Trinajstić information content (AvgIpc) is 2.78. The summed E-state index contributed by atoms with van der Waals surface area (Å²) >= 11 is 3.53. The van der Waals surface area contributed by atoms with Crippen LogP contribution in [0.1, 0.15) is 18.3 Å². The number of hydrogen-bond acceptors (Lipinski definition) is 3. The van der Waals surface area contributed by atoms with E-state index in [0.29, 0.717) is 0 Å². The Morgan fingerprint density at radius 2 is 2.16 bits per heavy atom. The lowest BCUT2D eigenvalue weighted by Gasteiger charge is -2.10. The van der Waals surface area contributed by atoms with Crippen LogP contribution >= 0.6 is 15.9 Å². The molecule has 102 valence electrons. The van der Waals surface area contributed by atoms with E-state index in [1.54, 1.807) is 7.11 Å². The van der Waals surface area contributed by atoms with Crippen molar-refractivity contribution in [3.8, 4) is 5.75 Å². The zero-order valence-electron chi connectivity index (χ0n) is 11.4. The minimum absolute atomic E-state index is 0.731. The number of ether oxygens (including phenoxy) is 1. The van der Waals surface area contributed by atoms with Gasteiger partial charge < -0.3 is 10.1 Å². The molecule has 0 fully saturated rings. The first-order chi connectivity index (χ1) is 9.13. The summed E-state index contributed by atoms with van der Waals surface area (Å²) in [5, 5.41) is 7.83. The van der Waals surface area contributed by atoms with Crippen LogP contribution in [-0.2, 0) is 20.0 Å². The van der Waals surface area contributed by atoms with Crippen LogP contribution in [0.25, 0.3) is 0 Å². The third-order valence-corrected chi connectivity index (χ3v) is 3.71. The molecule has 0 aliphatic heterocycles. The number of anilines is 1. The first-order valence-electron chi connectivity index (χ1n) is 6.23. The number of aryl methyl sites for hydroxylation is 2. The van der Waals surface area contributed by atoms with Gasteiger partial charge in [0.2, 0.25) is 0 Å². The van der Waals surface area contributed by atoms with Gasteiger partial charge in [0.25, 0.3) is 0 Å². The molecule has 1 heterocycles. The maximum Gasteiger partial charge on any atom is 0.121 e. The van der Waals surface area contributed by atoms with E-state index in [2.05, 4.69) is 39.3 Å². The van der Waals surface area contributed by atoms with Gasteiger partial charge in [-0.25, -0.2) is 0 Å². The Bertz CT molecular complexity index is 566. The highest BCUT2D eigenvalue weighted by molar-refractivity contribution is 9.10. The molecule has 0 bridgehead atoms. The highest BCUT2D eigenvalue weighted by Crippen LogP contribution is 2.27. The van der Waals surface area contributed by atoms with Crippen molar-refractivity contribution in [2.45, 2.75) is 19.9 Å². The quantitative estimate of drug-likeness (QED) is 0.917. The van der Waals surface area contributed by atoms with Crippen molar-refractivity contribution >= 4 is 21.6 Å². The summed E-state index contributed by atoms with van der Waals surface area (Å²) in [5.41, 5.74) is 3.29. The van der Waals surface area contributed by atoms with E-state index in [1.165, 1.54) is 0 Å². The van der Waals surface area contributed by atoms with Gasteiger partial charge in [-0.2, -0.15) is 5.10 Å². The van der Waals surface area contributed by atoms with E-state index in [-0.39, 0.29) is 0 Å². The molecular formula is C14H18BrN3O. The van der Waals surface area contributed by atoms with Crippen LogP contribution in [0.4, 0.5) is 5.69 Å². The van der Waals surface area contributed by atoms with Gasteiger partial charge >= 0.3 is 0 Å². The van der Waals surface area contributed by atoms with Gasteiger partial charge in [0, 0.05) is 17.6 Å². The Balaban J connectivity index is 2.11. The highest BCUT2D eigenvalue weighted by Gasteiger charge is 2.06. The lowest BCUT2D eigenvalue weighted by Crippen LogP contribution is -2.05. The molecule has 1 N–H and O–H groups in total. The molecule has 0 saturated carbocycles. The molecule has 5 heteroatoms. The maximum absolute atomic E-state index is 5.23. The van der Waals surface area contributed by atoms with E-state index >= 15 is 0 Å². The summed E-state index contributed by atoms with van der Waals surface area (Å²) < 4.78 is 8.16. The van der Waals surface area contributed by atoms with Crippen LogP contribution < -0.4 is 10.1 Å². The largest absolute Gasteiger partial charge is 0.497 e.